The number of ether oxygens (including phenoxy) is 2. The number of halogens is 1. The smallest absolute Gasteiger partial charge is 0.341 e. The summed E-state index contributed by atoms with van der Waals surface area (Å²) in [5.41, 5.74) is 0.790. The molecular formula is C21H24BClN2O7. The highest BCUT2D eigenvalue weighted by Crippen LogP contribution is 2.38. The monoisotopic (exact) mass is 462 g/mol. The minimum Gasteiger partial charge on any atom is -0.492 e. The Hall–Kier alpha value is -2.53. The van der Waals surface area contributed by atoms with Crippen molar-refractivity contribution in [2.45, 2.75) is 45.1 Å². The van der Waals surface area contributed by atoms with E-state index in [0.717, 1.165) is 5.56 Å². The zero-order chi connectivity index (χ0) is 23.8. The Morgan fingerprint density at radius 3 is 2.50 bits per heavy atom. The van der Waals surface area contributed by atoms with E-state index in [4.69, 9.17) is 34.4 Å². The lowest BCUT2D eigenvalue weighted by molar-refractivity contribution is -0.275. The summed E-state index contributed by atoms with van der Waals surface area (Å²) in [4.78, 5) is 23.9. The maximum atomic E-state index is 12.4. The molecule has 2 heterocycles. The summed E-state index contributed by atoms with van der Waals surface area (Å²) in [7, 11) is 4.92. The van der Waals surface area contributed by atoms with E-state index < -0.39 is 22.8 Å². The summed E-state index contributed by atoms with van der Waals surface area (Å²) < 4.78 is 12.0. The Balaban J connectivity index is 1.95. The second kappa shape index (κ2) is 8.78. The maximum absolute atomic E-state index is 12.4. The molecule has 0 unspecified atom stereocenters. The van der Waals surface area contributed by atoms with Gasteiger partial charge in [0.15, 0.2) is 13.3 Å². The van der Waals surface area contributed by atoms with Crippen molar-refractivity contribution in [3.8, 4) is 17.0 Å². The summed E-state index contributed by atoms with van der Waals surface area (Å²) in [6.45, 7) is 6.52. The van der Waals surface area contributed by atoms with Crippen LogP contribution in [0.25, 0.3) is 11.3 Å². The highest BCUT2D eigenvalue weighted by molar-refractivity contribution is 6.32. The largest absolute Gasteiger partial charge is 0.492 e. The van der Waals surface area contributed by atoms with Crippen LogP contribution in [0.1, 0.15) is 43.1 Å². The predicted octanol–water partition coefficient (Wildman–Crippen LogP) is 1.67. The molecule has 0 atom stereocenters. The van der Waals surface area contributed by atoms with Crippen molar-refractivity contribution in [2.24, 2.45) is 0 Å². The van der Waals surface area contributed by atoms with Crippen LogP contribution in [0.3, 0.4) is 0 Å². The number of rotatable bonds is 7. The van der Waals surface area contributed by atoms with Crippen molar-refractivity contribution >= 4 is 25.4 Å². The van der Waals surface area contributed by atoms with E-state index in [1.54, 1.807) is 16.8 Å². The Labute approximate surface area is 191 Å². The Kier molecular flexibility index (Phi) is 6.62. The van der Waals surface area contributed by atoms with Gasteiger partial charge < -0.3 is 29.8 Å². The molecule has 1 aromatic carbocycles. The fourth-order valence-corrected chi connectivity index (χ4v) is 3.64. The molecule has 0 saturated carbocycles. The van der Waals surface area contributed by atoms with Crippen molar-refractivity contribution in [2.75, 3.05) is 18.2 Å². The fraction of sp³-hybridized carbons (Fsp3) is 0.429. The molecule has 1 aliphatic rings. The van der Waals surface area contributed by atoms with Crippen LogP contribution in [0.5, 0.6) is 5.75 Å². The van der Waals surface area contributed by atoms with Crippen LogP contribution in [0.2, 0.25) is 5.02 Å². The van der Waals surface area contributed by atoms with Crippen molar-refractivity contribution in [3.63, 3.8) is 0 Å². The summed E-state index contributed by atoms with van der Waals surface area (Å²) in [5.74, 6) is -3.56. The SMILES string of the molecule is [B]C(O)(O)OCCCOc1cc2c(cc1Cl)-c1cc(=O)c(C(=O)O)cn1N(C(C)(C)C)C2. The Morgan fingerprint density at radius 1 is 1.22 bits per heavy atom. The molecule has 2 aromatic rings. The van der Waals surface area contributed by atoms with Gasteiger partial charge in [0.1, 0.15) is 11.3 Å². The van der Waals surface area contributed by atoms with Crippen molar-refractivity contribution in [1.82, 2.24) is 4.68 Å². The topological polar surface area (TPSA) is 121 Å². The zero-order valence-electron chi connectivity index (χ0n) is 18.0. The number of carboxylic acid groups (broad SMARTS) is 1. The van der Waals surface area contributed by atoms with Crippen LogP contribution >= 0.6 is 11.6 Å². The van der Waals surface area contributed by atoms with Crippen LogP contribution < -0.4 is 15.2 Å². The molecule has 0 bridgehead atoms. The van der Waals surface area contributed by atoms with Gasteiger partial charge in [0, 0.05) is 29.8 Å². The van der Waals surface area contributed by atoms with E-state index in [1.807, 2.05) is 25.8 Å². The van der Waals surface area contributed by atoms with Crippen molar-refractivity contribution in [3.05, 3.63) is 50.8 Å². The first-order chi connectivity index (χ1) is 14.8. The first kappa shape index (κ1) is 24.1. The summed E-state index contributed by atoms with van der Waals surface area (Å²) in [5, 5.41) is 29.5. The molecule has 9 nitrogen and oxygen atoms in total. The van der Waals surface area contributed by atoms with Gasteiger partial charge in [-0.15, -0.1) is 0 Å². The molecule has 2 radical (unpaired) electrons. The van der Waals surface area contributed by atoms with E-state index in [2.05, 4.69) is 4.74 Å². The molecule has 0 spiro atoms. The number of aromatic nitrogens is 1. The van der Waals surface area contributed by atoms with Crippen LogP contribution in [-0.4, -0.2) is 58.4 Å². The van der Waals surface area contributed by atoms with Gasteiger partial charge in [-0.2, -0.15) is 0 Å². The summed E-state index contributed by atoms with van der Waals surface area (Å²) in [6, 6.07) is 4.76. The summed E-state index contributed by atoms with van der Waals surface area (Å²) in [6.07, 6.45) is 1.67. The van der Waals surface area contributed by atoms with Crippen LogP contribution in [0.15, 0.2) is 29.2 Å². The minimum absolute atomic E-state index is 0.0357. The highest BCUT2D eigenvalue weighted by Gasteiger charge is 2.31. The second-order valence-electron chi connectivity index (χ2n) is 8.46. The summed E-state index contributed by atoms with van der Waals surface area (Å²) >= 11 is 6.41. The lowest BCUT2D eigenvalue weighted by Crippen LogP contribution is -2.51. The minimum atomic E-state index is -2.69. The lowest BCUT2D eigenvalue weighted by atomic mass is 9.97. The zero-order valence-corrected chi connectivity index (χ0v) is 18.7. The van der Waals surface area contributed by atoms with E-state index in [-0.39, 0.29) is 18.8 Å². The lowest BCUT2D eigenvalue weighted by Gasteiger charge is -2.43. The third-order valence-electron chi connectivity index (χ3n) is 4.91. The van der Waals surface area contributed by atoms with E-state index in [9.17, 15) is 14.7 Å². The molecule has 1 aliphatic heterocycles. The average Bonchev–Trinajstić information content (AvgIpc) is 2.65. The van der Waals surface area contributed by atoms with Crippen molar-refractivity contribution in [1.29, 1.82) is 0 Å². The number of hydrogen-bond donors (Lipinski definition) is 3. The normalized spacial score (nSPS) is 13.5. The van der Waals surface area contributed by atoms with Gasteiger partial charge in [-0.05, 0) is 38.5 Å². The molecule has 0 aliphatic carbocycles. The molecule has 0 amide bonds. The molecular weight excluding hydrogens is 439 g/mol. The molecule has 0 fully saturated rings. The van der Waals surface area contributed by atoms with Crippen LogP contribution in [-0.2, 0) is 11.3 Å². The molecule has 1 aromatic heterocycles. The molecule has 32 heavy (non-hydrogen) atoms. The van der Waals surface area contributed by atoms with Crippen LogP contribution in [0.4, 0.5) is 0 Å². The molecule has 3 rings (SSSR count). The standard InChI is InChI=1S/C21H24BClN2O7/c1-20(2,3)25-10-12-7-18(31-5-4-6-32-21(22,29)30)15(23)8-13(12)16-9-17(26)14(19(27)28)11-24(16)25/h7-9,11,29-30H,4-6,10H2,1-3H3,(H,27,28). The number of nitrogens with zero attached hydrogens (tertiary/aromatic N) is 2. The average molecular weight is 463 g/mol. The van der Waals surface area contributed by atoms with E-state index >= 15 is 0 Å². The van der Waals surface area contributed by atoms with Gasteiger partial charge in [-0.25, -0.2) is 4.79 Å². The van der Waals surface area contributed by atoms with Gasteiger partial charge in [0.25, 0.3) is 0 Å². The van der Waals surface area contributed by atoms with E-state index in [1.165, 1.54) is 12.3 Å². The fourth-order valence-electron chi connectivity index (χ4n) is 3.42. The van der Waals surface area contributed by atoms with E-state index in [0.29, 0.717) is 35.0 Å². The third kappa shape index (κ3) is 5.27. The third-order valence-corrected chi connectivity index (χ3v) is 5.21. The number of pyridine rings is 1. The van der Waals surface area contributed by atoms with Crippen molar-refractivity contribution < 1.29 is 29.6 Å². The number of aliphatic hydroxyl groups is 2. The highest BCUT2D eigenvalue weighted by atomic mass is 35.5. The first-order valence-corrected chi connectivity index (χ1v) is 10.3. The Morgan fingerprint density at radius 2 is 1.91 bits per heavy atom. The molecule has 11 heteroatoms. The van der Waals surface area contributed by atoms with Gasteiger partial charge in [0.2, 0.25) is 5.87 Å². The number of carbonyl (C=O) groups is 1. The number of aromatic carboxylic acids is 1. The van der Waals surface area contributed by atoms with Gasteiger partial charge in [0.05, 0.1) is 30.5 Å². The quantitative estimate of drug-likeness (QED) is 0.323. The number of benzene rings is 1. The van der Waals surface area contributed by atoms with Gasteiger partial charge >= 0.3 is 5.97 Å². The van der Waals surface area contributed by atoms with Gasteiger partial charge in [-0.1, -0.05) is 11.6 Å². The number of carboxylic acids is 1. The predicted molar refractivity (Wildman–Crippen MR) is 119 cm³/mol. The molecule has 0 saturated heterocycles. The number of hydrogen-bond acceptors (Lipinski definition) is 7. The molecule has 170 valence electrons. The van der Waals surface area contributed by atoms with Crippen LogP contribution in [0, 0.1) is 0 Å². The molecule has 3 N–H and O–H groups in total. The Bertz CT molecular complexity index is 1090. The van der Waals surface area contributed by atoms with Gasteiger partial charge in [-0.3, -0.25) is 9.47 Å². The first-order valence-electron chi connectivity index (χ1n) is 9.89. The number of fused-ring (bicyclic) bond motifs is 3. The second-order valence-corrected chi connectivity index (χ2v) is 8.87. The maximum Gasteiger partial charge on any atom is 0.341 e.